The zero-order valence-electron chi connectivity index (χ0n) is 19.4. The number of ether oxygens (including phenoxy) is 1. The molecule has 3 aromatic rings. The number of carboxylic acids is 1. The predicted molar refractivity (Wildman–Crippen MR) is 133 cm³/mol. The van der Waals surface area contributed by atoms with E-state index >= 15 is 0 Å². The summed E-state index contributed by atoms with van der Waals surface area (Å²) in [5.41, 5.74) is 4.32. The molecule has 0 aliphatic carbocycles. The van der Waals surface area contributed by atoms with Crippen molar-refractivity contribution in [1.82, 2.24) is 14.9 Å². The molecule has 0 saturated carbocycles. The molecule has 0 bridgehead atoms. The minimum absolute atomic E-state index is 0.0465. The Hall–Kier alpha value is -4.24. The maximum atomic E-state index is 12.2. The number of carboxylic acid groups (broad SMARTS) is 1. The zero-order chi connectivity index (χ0) is 24.6. The lowest BCUT2D eigenvalue weighted by atomic mass is 10.1. The first-order chi connectivity index (χ1) is 17.1. The van der Waals surface area contributed by atoms with Gasteiger partial charge in [-0.1, -0.05) is 42.5 Å². The van der Waals surface area contributed by atoms with Crippen LogP contribution in [-0.2, 0) is 9.53 Å². The molecular weight excluding hydrogens is 446 g/mol. The summed E-state index contributed by atoms with van der Waals surface area (Å²) >= 11 is 0. The summed E-state index contributed by atoms with van der Waals surface area (Å²) in [7, 11) is 1.60. The van der Waals surface area contributed by atoms with Crippen LogP contribution < -0.4 is 10.2 Å². The SMILES string of the molecule is COC/C(Nc1cccc(-c2ccccc2)c1)=C(\C=O)N1CCN(c2ncc(C(=O)O)cn2)CC1. The number of carbonyl (C=O) groups excluding carboxylic acids is 1. The van der Waals surface area contributed by atoms with Crippen LogP contribution in [0, 0.1) is 0 Å². The summed E-state index contributed by atoms with van der Waals surface area (Å²) in [6.45, 7) is 2.60. The van der Waals surface area contributed by atoms with E-state index in [1.54, 1.807) is 7.11 Å². The van der Waals surface area contributed by atoms with Gasteiger partial charge in [0.1, 0.15) is 0 Å². The fourth-order valence-electron chi connectivity index (χ4n) is 3.98. The maximum Gasteiger partial charge on any atom is 0.338 e. The fourth-order valence-corrected chi connectivity index (χ4v) is 3.98. The van der Waals surface area contributed by atoms with Crippen molar-refractivity contribution in [2.24, 2.45) is 0 Å². The number of hydrogen-bond acceptors (Lipinski definition) is 8. The minimum Gasteiger partial charge on any atom is -0.478 e. The van der Waals surface area contributed by atoms with Gasteiger partial charge < -0.3 is 25.0 Å². The van der Waals surface area contributed by atoms with Crippen molar-refractivity contribution in [3.05, 3.63) is 83.9 Å². The average Bonchev–Trinajstić information content (AvgIpc) is 2.90. The van der Waals surface area contributed by atoms with E-state index in [-0.39, 0.29) is 12.2 Å². The van der Waals surface area contributed by atoms with E-state index < -0.39 is 5.97 Å². The van der Waals surface area contributed by atoms with E-state index in [4.69, 9.17) is 9.84 Å². The van der Waals surface area contributed by atoms with Crippen molar-refractivity contribution in [3.8, 4) is 11.1 Å². The molecule has 9 nitrogen and oxygen atoms in total. The summed E-state index contributed by atoms with van der Waals surface area (Å²) < 4.78 is 5.40. The van der Waals surface area contributed by atoms with Crippen LogP contribution in [0.25, 0.3) is 11.1 Å². The van der Waals surface area contributed by atoms with Gasteiger partial charge >= 0.3 is 5.97 Å². The third-order valence-electron chi connectivity index (χ3n) is 5.76. The Morgan fingerprint density at radius 3 is 2.34 bits per heavy atom. The summed E-state index contributed by atoms with van der Waals surface area (Å²) in [4.78, 5) is 35.5. The van der Waals surface area contributed by atoms with Crippen LogP contribution in [0.3, 0.4) is 0 Å². The largest absolute Gasteiger partial charge is 0.478 e. The number of aldehydes is 1. The number of piperazine rings is 1. The van der Waals surface area contributed by atoms with Crippen LogP contribution in [-0.4, -0.2) is 72.1 Å². The molecule has 0 spiro atoms. The number of aromatic carboxylic acids is 1. The van der Waals surface area contributed by atoms with Crippen molar-refractivity contribution < 1.29 is 19.4 Å². The van der Waals surface area contributed by atoms with Gasteiger partial charge in [0, 0.05) is 51.4 Å². The number of hydrogen-bond donors (Lipinski definition) is 2. The standard InChI is InChI=1S/C26H27N5O4/c1-35-18-23(29-22-9-5-8-20(14-22)19-6-3-2-4-7-19)24(17-32)30-10-12-31(13-11-30)26-27-15-21(16-28-26)25(33)34/h2-9,14-17,29H,10-13,18H2,1H3,(H,33,34)/b24-23-. The number of nitrogens with zero attached hydrogens (tertiary/aromatic N) is 4. The molecule has 9 heteroatoms. The lowest BCUT2D eigenvalue weighted by Crippen LogP contribution is -2.47. The minimum atomic E-state index is -1.06. The van der Waals surface area contributed by atoms with E-state index in [2.05, 4.69) is 27.4 Å². The smallest absolute Gasteiger partial charge is 0.338 e. The lowest BCUT2D eigenvalue weighted by Gasteiger charge is -2.36. The topological polar surface area (TPSA) is 108 Å². The second-order valence-corrected chi connectivity index (χ2v) is 8.04. The van der Waals surface area contributed by atoms with E-state index in [1.807, 2.05) is 52.3 Å². The number of rotatable bonds is 9. The Morgan fingerprint density at radius 2 is 1.71 bits per heavy atom. The van der Waals surface area contributed by atoms with Crippen molar-refractivity contribution in [2.75, 3.05) is 50.1 Å². The maximum absolute atomic E-state index is 12.2. The molecule has 0 atom stereocenters. The molecular formula is C26H27N5O4. The van der Waals surface area contributed by atoms with Crippen LogP contribution >= 0.6 is 0 Å². The van der Waals surface area contributed by atoms with E-state index in [0.29, 0.717) is 43.5 Å². The van der Waals surface area contributed by atoms with Crippen LogP contribution in [0.4, 0.5) is 11.6 Å². The van der Waals surface area contributed by atoms with Gasteiger partial charge in [0.25, 0.3) is 0 Å². The van der Waals surface area contributed by atoms with Gasteiger partial charge in [0.2, 0.25) is 5.95 Å². The van der Waals surface area contributed by atoms with Gasteiger partial charge in [-0.2, -0.15) is 0 Å². The van der Waals surface area contributed by atoms with Gasteiger partial charge in [-0.3, -0.25) is 4.79 Å². The fraction of sp³-hybridized carbons (Fsp3) is 0.231. The predicted octanol–water partition coefficient (Wildman–Crippen LogP) is 3.13. The number of nitrogens with one attached hydrogen (secondary N) is 1. The lowest BCUT2D eigenvalue weighted by molar-refractivity contribution is -0.106. The quantitative estimate of drug-likeness (QED) is 0.358. The Bertz CT molecular complexity index is 1190. The third kappa shape index (κ3) is 5.82. The van der Waals surface area contributed by atoms with Gasteiger partial charge in [-0.05, 0) is 23.3 Å². The highest BCUT2D eigenvalue weighted by atomic mass is 16.5. The Labute approximate surface area is 203 Å². The molecule has 0 unspecified atom stereocenters. The molecule has 2 heterocycles. The molecule has 2 aromatic carbocycles. The first kappa shape index (κ1) is 23.9. The van der Waals surface area contributed by atoms with Crippen LogP contribution in [0.5, 0.6) is 0 Å². The summed E-state index contributed by atoms with van der Waals surface area (Å²) in [5, 5.41) is 12.4. The average molecular weight is 474 g/mol. The molecule has 1 aromatic heterocycles. The first-order valence-corrected chi connectivity index (χ1v) is 11.2. The highest BCUT2D eigenvalue weighted by Gasteiger charge is 2.23. The number of benzene rings is 2. The normalized spacial score (nSPS) is 14.3. The molecule has 0 radical (unpaired) electrons. The van der Waals surface area contributed by atoms with Crippen LogP contribution in [0.2, 0.25) is 0 Å². The van der Waals surface area contributed by atoms with Crippen molar-refractivity contribution in [1.29, 1.82) is 0 Å². The Balaban J connectivity index is 1.49. The zero-order valence-corrected chi connectivity index (χ0v) is 19.4. The summed E-state index contributed by atoms with van der Waals surface area (Å²) in [6.07, 6.45) is 3.46. The molecule has 1 aliphatic rings. The van der Waals surface area contributed by atoms with Crippen LogP contribution in [0.1, 0.15) is 10.4 Å². The van der Waals surface area contributed by atoms with Gasteiger partial charge in [0.05, 0.1) is 23.6 Å². The number of aromatic nitrogens is 2. The van der Waals surface area contributed by atoms with Gasteiger partial charge in [0.15, 0.2) is 6.29 Å². The second-order valence-electron chi connectivity index (χ2n) is 8.04. The number of allylic oxidation sites excluding steroid dienone is 1. The Morgan fingerprint density at radius 1 is 1.03 bits per heavy atom. The van der Waals surface area contributed by atoms with Crippen molar-refractivity contribution in [3.63, 3.8) is 0 Å². The molecule has 1 saturated heterocycles. The summed E-state index contributed by atoms with van der Waals surface area (Å²) in [6, 6.07) is 18.1. The molecule has 1 aliphatic heterocycles. The van der Waals surface area contributed by atoms with E-state index in [0.717, 1.165) is 23.1 Å². The number of methoxy groups -OCH3 is 1. The first-order valence-electron chi connectivity index (χ1n) is 11.2. The molecule has 2 N–H and O–H groups in total. The highest BCUT2D eigenvalue weighted by molar-refractivity contribution is 5.86. The molecule has 1 fully saturated rings. The van der Waals surface area contributed by atoms with Crippen molar-refractivity contribution >= 4 is 23.9 Å². The van der Waals surface area contributed by atoms with E-state index in [1.165, 1.54) is 12.4 Å². The molecule has 180 valence electrons. The Kier molecular flexibility index (Phi) is 7.69. The summed E-state index contributed by atoms with van der Waals surface area (Å²) in [5.74, 6) is -0.589. The van der Waals surface area contributed by atoms with E-state index in [9.17, 15) is 9.59 Å². The number of anilines is 2. The van der Waals surface area contributed by atoms with Gasteiger partial charge in [-0.25, -0.2) is 14.8 Å². The molecule has 4 rings (SSSR count). The van der Waals surface area contributed by atoms with Crippen molar-refractivity contribution in [2.45, 2.75) is 0 Å². The molecule has 0 amide bonds. The monoisotopic (exact) mass is 473 g/mol. The third-order valence-corrected chi connectivity index (χ3v) is 5.76. The van der Waals surface area contributed by atoms with Crippen LogP contribution in [0.15, 0.2) is 78.4 Å². The highest BCUT2D eigenvalue weighted by Crippen LogP contribution is 2.24. The molecule has 35 heavy (non-hydrogen) atoms. The van der Waals surface area contributed by atoms with Gasteiger partial charge in [-0.15, -0.1) is 0 Å². The second kappa shape index (κ2) is 11.3. The number of carbonyl (C=O) groups is 2.